The summed E-state index contributed by atoms with van der Waals surface area (Å²) in [6.45, 7) is 3.86. The second kappa shape index (κ2) is 4.61. The van der Waals surface area contributed by atoms with Gasteiger partial charge in [-0.25, -0.2) is 9.98 Å². The highest BCUT2D eigenvalue weighted by atomic mass is 15.4. The summed E-state index contributed by atoms with van der Waals surface area (Å²) in [5.41, 5.74) is 11.1. The molecule has 7 nitrogen and oxygen atoms in total. The lowest BCUT2D eigenvalue weighted by atomic mass is 10.1. The summed E-state index contributed by atoms with van der Waals surface area (Å²) in [5, 5.41) is 12.3. The minimum Gasteiger partial charge on any atom is -0.370 e. The molecule has 1 aromatic carbocycles. The Bertz CT molecular complexity index is 1000. The van der Waals surface area contributed by atoms with Crippen LogP contribution in [0.15, 0.2) is 29.3 Å². The molecule has 0 bridgehead atoms. The number of fused-ring (bicyclic) bond motifs is 3. The number of imidazole rings is 1. The predicted molar refractivity (Wildman–Crippen MR) is 88.1 cm³/mol. The Balaban J connectivity index is 2.02. The number of aromatic nitrogens is 3. The molecule has 0 spiro atoms. The number of rotatable bonds is 1. The molecule has 4 rings (SSSR count). The van der Waals surface area contributed by atoms with Crippen molar-refractivity contribution in [1.29, 1.82) is 5.26 Å². The van der Waals surface area contributed by atoms with Crippen LogP contribution in [0.3, 0.4) is 0 Å². The van der Waals surface area contributed by atoms with Crippen molar-refractivity contribution in [2.45, 2.75) is 20.0 Å². The number of anilines is 1. The van der Waals surface area contributed by atoms with Gasteiger partial charge < -0.3 is 10.7 Å². The fraction of sp³-hybridized carbons (Fsp3) is 0.188. The van der Waals surface area contributed by atoms with E-state index >= 15 is 0 Å². The van der Waals surface area contributed by atoms with E-state index in [0.717, 1.165) is 27.9 Å². The van der Waals surface area contributed by atoms with Crippen LogP contribution >= 0.6 is 0 Å². The summed E-state index contributed by atoms with van der Waals surface area (Å²) in [5.74, 6) is 0.971. The molecule has 7 heteroatoms. The smallest absolute Gasteiger partial charge is 0.212 e. The molecule has 23 heavy (non-hydrogen) atoms. The molecule has 3 aromatic rings. The predicted octanol–water partition coefficient (Wildman–Crippen LogP) is 2.14. The summed E-state index contributed by atoms with van der Waals surface area (Å²) in [6, 6.07) is 10.0. The van der Waals surface area contributed by atoms with Crippen LogP contribution in [0.2, 0.25) is 0 Å². The number of nitrogens with two attached hydrogens (primary N) is 1. The molecule has 0 radical (unpaired) electrons. The van der Waals surface area contributed by atoms with Crippen LogP contribution in [0.4, 0.5) is 5.95 Å². The molecule has 0 amide bonds. The first-order valence-corrected chi connectivity index (χ1v) is 7.26. The summed E-state index contributed by atoms with van der Waals surface area (Å²) >= 11 is 0. The standard InChI is InChI=1S/C16H15N7/c1-8-11(7-17)19-9(2)13(8)14-21-15(18)22-16-20-10-5-3-4-6-12(10)23(14)16/h3-6,14,19H,1-2H3,(H3,18,20,21,22)/t14-/m0/s1. The van der Waals surface area contributed by atoms with Gasteiger partial charge in [-0.05, 0) is 31.5 Å². The minimum absolute atomic E-state index is 0.316. The number of hydrogen-bond acceptors (Lipinski definition) is 5. The topological polar surface area (TPSA) is 108 Å². The Morgan fingerprint density at radius 2 is 2.09 bits per heavy atom. The highest BCUT2D eigenvalue weighted by molar-refractivity contribution is 5.94. The maximum Gasteiger partial charge on any atom is 0.212 e. The molecule has 2 aromatic heterocycles. The van der Waals surface area contributed by atoms with Crippen molar-refractivity contribution in [2.24, 2.45) is 10.7 Å². The van der Waals surface area contributed by atoms with E-state index < -0.39 is 0 Å². The summed E-state index contributed by atoms with van der Waals surface area (Å²) < 4.78 is 2.01. The zero-order valence-electron chi connectivity index (χ0n) is 12.8. The van der Waals surface area contributed by atoms with E-state index in [1.807, 2.05) is 42.7 Å². The van der Waals surface area contributed by atoms with Gasteiger partial charge in [0.05, 0.1) is 11.0 Å². The van der Waals surface area contributed by atoms with Crippen LogP contribution in [-0.4, -0.2) is 20.5 Å². The van der Waals surface area contributed by atoms with Crippen molar-refractivity contribution in [1.82, 2.24) is 14.5 Å². The third-order valence-electron chi connectivity index (χ3n) is 4.21. The third-order valence-corrected chi connectivity index (χ3v) is 4.21. The average Bonchev–Trinajstić information content (AvgIpc) is 3.03. The van der Waals surface area contributed by atoms with Crippen LogP contribution in [-0.2, 0) is 0 Å². The van der Waals surface area contributed by atoms with Crippen molar-refractivity contribution < 1.29 is 0 Å². The number of aryl methyl sites for hydroxylation is 1. The van der Waals surface area contributed by atoms with Crippen molar-refractivity contribution in [3.63, 3.8) is 0 Å². The molecule has 1 aliphatic heterocycles. The third kappa shape index (κ3) is 1.82. The first-order valence-electron chi connectivity index (χ1n) is 7.26. The monoisotopic (exact) mass is 305 g/mol. The molecular weight excluding hydrogens is 290 g/mol. The van der Waals surface area contributed by atoms with E-state index in [1.165, 1.54) is 0 Å². The number of aliphatic imine (C=N–C) groups is 1. The number of nitrogens with zero attached hydrogens (tertiary/aromatic N) is 4. The number of benzene rings is 1. The van der Waals surface area contributed by atoms with Gasteiger partial charge in [-0.2, -0.15) is 5.26 Å². The van der Waals surface area contributed by atoms with E-state index in [4.69, 9.17) is 5.73 Å². The van der Waals surface area contributed by atoms with Crippen LogP contribution < -0.4 is 11.1 Å². The van der Waals surface area contributed by atoms with Crippen molar-refractivity contribution in [3.8, 4) is 6.07 Å². The number of para-hydroxylation sites is 2. The number of H-pyrrole nitrogens is 1. The second-order valence-electron chi connectivity index (χ2n) is 5.58. The van der Waals surface area contributed by atoms with Gasteiger partial charge in [0.25, 0.3) is 0 Å². The number of aromatic amines is 1. The van der Waals surface area contributed by atoms with Gasteiger partial charge in [0, 0.05) is 11.3 Å². The normalized spacial score (nSPS) is 16.6. The van der Waals surface area contributed by atoms with E-state index in [1.54, 1.807) is 0 Å². The zero-order valence-corrected chi connectivity index (χ0v) is 12.8. The quantitative estimate of drug-likeness (QED) is 0.640. The maximum absolute atomic E-state index is 9.26. The van der Waals surface area contributed by atoms with E-state index in [-0.39, 0.29) is 6.17 Å². The molecule has 1 aliphatic rings. The molecule has 4 N–H and O–H groups in total. The van der Waals surface area contributed by atoms with Crippen molar-refractivity contribution >= 4 is 22.9 Å². The molecule has 0 saturated heterocycles. The highest BCUT2D eigenvalue weighted by Crippen LogP contribution is 2.35. The molecule has 0 saturated carbocycles. The highest BCUT2D eigenvalue weighted by Gasteiger charge is 2.29. The summed E-state index contributed by atoms with van der Waals surface area (Å²) in [7, 11) is 0. The summed E-state index contributed by atoms with van der Waals surface area (Å²) in [4.78, 5) is 12.3. The van der Waals surface area contributed by atoms with E-state index in [2.05, 4.69) is 26.3 Å². The Morgan fingerprint density at radius 3 is 2.83 bits per heavy atom. The van der Waals surface area contributed by atoms with Crippen LogP contribution in [0.1, 0.15) is 28.7 Å². The second-order valence-corrected chi connectivity index (χ2v) is 5.58. The number of guanidine groups is 1. The fourth-order valence-corrected chi connectivity index (χ4v) is 3.17. The first-order chi connectivity index (χ1) is 11.1. The SMILES string of the molecule is Cc1[nH]c(C#N)c(C)c1[C@H]1N=C(N)Nc2nc3ccccc3n21. The van der Waals surface area contributed by atoms with Gasteiger partial charge >= 0.3 is 0 Å². The largest absolute Gasteiger partial charge is 0.370 e. The van der Waals surface area contributed by atoms with Gasteiger partial charge in [-0.1, -0.05) is 12.1 Å². The van der Waals surface area contributed by atoms with Crippen LogP contribution in [0.25, 0.3) is 11.0 Å². The zero-order chi connectivity index (χ0) is 16.1. The fourth-order valence-electron chi connectivity index (χ4n) is 3.17. The average molecular weight is 305 g/mol. The van der Waals surface area contributed by atoms with Gasteiger partial charge in [-0.15, -0.1) is 0 Å². The van der Waals surface area contributed by atoms with E-state index in [9.17, 15) is 5.26 Å². The van der Waals surface area contributed by atoms with Gasteiger partial charge in [0.1, 0.15) is 11.8 Å². The molecule has 0 aliphatic carbocycles. The van der Waals surface area contributed by atoms with Crippen LogP contribution in [0, 0.1) is 25.2 Å². The number of hydrogen-bond donors (Lipinski definition) is 3. The Labute approximate surface area is 132 Å². The van der Waals surface area contributed by atoms with Gasteiger partial charge in [-0.3, -0.25) is 9.88 Å². The molecule has 3 heterocycles. The Hall–Kier alpha value is -3.27. The van der Waals surface area contributed by atoms with E-state index in [0.29, 0.717) is 17.6 Å². The van der Waals surface area contributed by atoms with Gasteiger partial charge in [0.15, 0.2) is 12.1 Å². The molecule has 114 valence electrons. The molecule has 1 atom stereocenters. The Kier molecular flexibility index (Phi) is 2.69. The minimum atomic E-state index is -0.350. The maximum atomic E-state index is 9.26. The van der Waals surface area contributed by atoms with Crippen LogP contribution in [0.5, 0.6) is 0 Å². The molecule has 0 unspecified atom stereocenters. The van der Waals surface area contributed by atoms with Gasteiger partial charge in [0.2, 0.25) is 5.95 Å². The number of nitriles is 1. The van der Waals surface area contributed by atoms with Crippen molar-refractivity contribution in [2.75, 3.05) is 5.32 Å². The van der Waals surface area contributed by atoms with Crippen molar-refractivity contribution in [3.05, 3.63) is 46.8 Å². The lowest BCUT2D eigenvalue weighted by molar-refractivity contribution is 0.620. The lowest BCUT2D eigenvalue weighted by Gasteiger charge is -2.24. The first kappa shape index (κ1) is 13.4. The lowest BCUT2D eigenvalue weighted by Crippen LogP contribution is -2.31. The molecule has 0 fully saturated rings. The number of nitrogens with one attached hydrogen (secondary N) is 2. The molecular formula is C16H15N7. The summed E-state index contributed by atoms with van der Waals surface area (Å²) in [6.07, 6.45) is -0.350. The Morgan fingerprint density at radius 1 is 1.30 bits per heavy atom.